The Bertz CT molecular complexity index is 1560. The van der Waals surface area contributed by atoms with E-state index in [0.717, 1.165) is 6.07 Å². The average molecular weight is 494 g/mol. The van der Waals surface area contributed by atoms with Crippen LogP contribution in [0, 0.1) is 12.7 Å². The molecule has 178 valence electrons. The maximum Gasteiger partial charge on any atom is 0.272 e. The number of fused-ring (bicyclic) bond motifs is 1. The molecule has 35 heavy (non-hydrogen) atoms. The Balaban J connectivity index is 1.76. The molecule has 0 bridgehead atoms. The summed E-state index contributed by atoms with van der Waals surface area (Å²) in [6.07, 6.45) is 4.43. The number of anilines is 1. The van der Waals surface area contributed by atoms with Gasteiger partial charge in [0.15, 0.2) is 0 Å². The van der Waals surface area contributed by atoms with E-state index in [1.165, 1.54) is 17.0 Å². The average Bonchev–Trinajstić information content (AvgIpc) is 3.14. The molecule has 1 N–H and O–H groups in total. The van der Waals surface area contributed by atoms with Crippen LogP contribution in [-0.4, -0.2) is 21.4 Å². The van der Waals surface area contributed by atoms with E-state index in [1.807, 2.05) is 0 Å². The van der Waals surface area contributed by atoms with Crippen LogP contribution >= 0.6 is 11.6 Å². The van der Waals surface area contributed by atoms with Crippen molar-refractivity contribution < 1.29 is 18.7 Å². The molecular formula is C26H21ClFN3O4. The minimum atomic E-state index is -0.496. The third-order valence-corrected chi connectivity index (χ3v) is 6.42. The molecule has 0 unspecified atom stereocenters. The molecule has 7 nitrogen and oxygen atoms in total. The summed E-state index contributed by atoms with van der Waals surface area (Å²) in [6.45, 7) is 1.78. The number of imide groups is 1. The number of aromatic amines is 1. The number of hydrogen-bond donors (Lipinski definition) is 1. The summed E-state index contributed by atoms with van der Waals surface area (Å²) >= 11 is 6.22. The largest absolute Gasteiger partial charge is 0.455 e. The second-order valence-electron chi connectivity index (χ2n) is 8.51. The first-order valence-electron chi connectivity index (χ1n) is 11.0. The van der Waals surface area contributed by atoms with E-state index in [9.17, 15) is 18.8 Å². The van der Waals surface area contributed by atoms with Crippen molar-refractivity contribution in [2.75, 3.05) is 4.90 Å². The molecule has 0 atom stereocenters. The van der Waals surface area contributed by atoms with Crippen molar-refractivity contribution in [3.05, 3.63) is 75.5 Å². The molecule has 1 saturated heterocycles. The third kappa shape index (κ3) is 4.00. The van der Waals surface area contributed by atoms with Crippen molar-refractivity contribution in [3.63, 3.8) is 0 Å². The highest BCUT2D eigenvalue weighted by Gasteiger charge is 2.30. The molecule has 1 aliphatic rings. The fraction of sp³-hybridized carbons (Fsp3) is 0.192. The quantitative estimate of drug-likeness (QED) is 0.382. The van der Waals surface area contributed by atoms with E-state index in [-0.39, 0.29) is 41.0 Å². The minimum Gasteiger partial charge on any atom is -0.455 e. The van der Waals surface area contributed by atoms with E-state index >= 15 is 0 Å². The van der Waals surface area contributed by atoms with Gasteiger partial charge in [0.05, 0.1) is 10.7 Å². The van der Waals surface area contributed by atoms with Gasteiger partial charge in [-0.2, -0.15) is 0 Å². The van der Waals surface area contributed by atoms with Gasteiger partial charge in [0.2, 0.25) is 11.8 Å². The minimum absolute atomic E-state index is 0.0911. The monoisotopic (exact) mass is 493 g/mol. The number of benzene rings is 2. The summed E-state index contributed by atoms with van der Waals surface area (Å²) in [4.78, 5) is 41.8. The van der Waals surface area contributed by atoms with Gasteiger partial charge in [0.1, 0.15) is 22.8 Å². The summed E-state index contributed by atoms with van der Waals surface area (Å²) in [6, 6.07) is 9.03. The molecule has 1 fully saturated rings. The number of rotatable bonds is 4. The molecule has 2 aromatic carbocycles. The van der Waals surface area contributed by atoms with Crippen molar-refractivity contribution >= 4 is 40.0 Å². The van der Waals surface area contributed by atoms with E-state index < -0.39 is 5.82 Å². The van der Waals surface area contributed by atoms with E-state index in [0.29, 0.717) is 45.5 Å². The molecule has 5 rings (SSSR count). The highest BCUT2D eigenvalue weighted by molar-refractivity contribution is 6.32. The number of H-pyrrole nitrogens is 1. The van der Waals surface area contributed by atoms with Gasteiger partial charge in [-0.25, -0.2) is 4.39 Å². The van der Waals surface area contributed by atoms with Gasteiger partial charge in [-0.3, -0.25) is 19.3 Å². The lowest BCUT2D eigenvalue weighted by Crippen LogP contribution is -2.40. The van der Waals surface area contributed by atoms with Gasteiger partial charge in [0, 0.05) is 48.8 Å². The molecular weight excluding hydrogens is 473 g/mol. The normalized spacial score (nSPS) is 14.1. The number of carbonyl (C=O) groups is 2. The molecule has 9 heteroatoms. The molecule has 0 spiro atoms. The Labute approximate surface area is 204 Å². The van der Waals surface area contributed by atoms with Gasteiger partial charge < -0.3 is 14.3 Å². The summed E-state index contributed by atoms with van der Waals surface area (Å²) in [5.41, 5.74) is 2.51. The zero-order valence-electron chi connectivity index (χ0n) is 19.0. The maximum absolute atomic E-state index is 13.6. The third-order valence-electron chi connectivity index (χ3n) is 6.12. The number of nitrogens with one attached hydrogen (secondary N) is 1. The van der Waals surface area contributed by atoms with Gasteiger partial charge in [-0.15, -0.1) is 0 Å². The van der Waals surface area contributed by atoms with Gasteiger partial charge in [0.25, 0.3) is 5.56 Å². The number of nitrogens with zero attached hydrogens (tertiary/aromatic N) is 2. The van der Waals surface area contributed by atoms with Crippen molar-refractivity contribution in [1.82, 2.24) is 9.55 Å². The molecule has 0 radical (unpaired) electrons. The smallest absolute Gasteiger partial charge is 0.272 e. The van der Waals surface area contributed by atoms with Crippen LogP contribution in [0.2, 0.25) is 5.02 Å². The lowest BCUT2D eigenvalue weighted by atomic mass is 9.99. The van der Waals surface area contributed by atoms with Gasteiger partial charge in [-0.05, 0) is 55.3 Å². The van der Waals surface area contributed by atoms with Gasteiger partial charge >= 0.3 is 0 Å². The first kappa shape index (κ1) is 22.9. The summed E-state index contributed by atoms with van der Waals surface area (Å²) in [5.74, 6) is -0.404. The van der Waals surface area contributed by atoms with Crippen molar-refractivity contribution in [2.45, 2.75) is 26.2 Å². The molecule has 3 heterocycles. The fourth-order valence-corrected chi connectivity index (χ4v) is 4.69. The van der Waals surface area contributed by atoms with E-state index in [1.54, 1.807) is 49.1 Å². The molecule has 4 aromatic rings. The number of aromatic nitrogens is 2. The fourth-order valence-electron chi connectivity index (χ4n) is 4.48. The highest BCUT2D eigenvalue weighted by Crippen LogP contribution is 2.43. The van der Waals surface area contributed by atoms with Crippen LogP contribution in [0.4, 0.5) is 10.1 Å². The highest BCUT2D eigenvalue weighted by atomic mass is 35.5. The topological polar surface area (TPSA) is 84.4 Å². The SMILES string of the molecule is Cc1cc(Oc2ccc(F)cc2Cl)c(-c2cn(C)c3c(=O)[nH]ccc23)cc1N1C(=O)CCCC1=O. The van der Waals surface area contributed by atoms with Crippen LogP contribution in [0.15, 0.2) is 53.6 Å². The van der Waals surface area contributed by atoms with Crippen LogP contribution in [-0.2, 0) is 16.6 Å². The van der Waals surface area contributed by atoms with Crippen molar-refractivity contribution in [1.29, 1.82) is 0 Å². The Kier molecular flexibility index (Phi) is 5.68. The zero-order valence-corrected chi connectivity index (χ0v) is 19.8. The van der Waals surface area contributed by atoms with Crippen LogP contribution in [0.1, 0.15) is 24.8 Å². The molecule has 1 aliphatic heterocycles. The number of halogens is 2. The van der Waals surface area contributed by atoms with Crippen LogP contribution in [0.3, 0.4) is 0 Å². The summed E-state index contributed by atoms with van der Waals surface area (Å²) in [7, 11) is 1.76. The summed E-state index contributed by atoms with van der Waals surface area (Å²) < 4.78 is 21.4. The summed E-state index contributed by atoms with van der Waals surface area (Å²) in [5, 5.41) is 0.755. The van der Waals surface area contributed by atoms with E-state index in [2.05, 4.69) is 4.98 Å². The number of pyridine rings is 1. The molecule has 2 aromatic heterocycles. The first-order chi connectivity index (χ1) is 16.7. The van der Waals surface area contributed by atoms with Crippen LogP contribution < -0.4 is 15.2 Å². The maximum atomic E-state index is 13.6. The lowest BCUT2D eigenvalue weighted by molar-refractivity contribution is -0.129. The lowest BCUT2D eigenvalue weighted by Gasteiger charge is -2.27. The Morgan fingerprint density at radius 1 is 1.00 bits per heavy atom. The second-order valence-corrected chi connectivity index (χ2v) is 8.92. The number of amides is 2. The number of piperidine rings is 1. The molecule has 2 amide bonds. The molecule has 0 aliphatic carbocycles. The Morgan fingerprint density at radius 2 is 1.74 bits per heavy atom. The molecule has 0 saturated carbocycles. The van der Waals surface area contributed by atoms with E-state index in [4.69, 9.17) is 16.3 Å². The predicted octanol–water partition coefficient (Wildman–Crippen LogP) is 5.47. The first-order valence-corrected chi connectivity index (χ1v) is 11.4. The standard InChI is InChI=1S/C26H21ClFN3O4/c1-14-10-22(35-21-7-6-15(28)11-19(21)27)17(12-20(14)31-23(32)4-3-5-24(31)33)18-13-30(2)25-16(18)8-9-29-26(25)34/h6-13H,3-5H2,1-2H3,(H,29,34). The predicted molar refractivity (Wildman–Crippen MR) is 132 cm³/mol. The Hall–Kier alpha value is -3.91. The number of hydrogen-bond acceptors (Lipinski definition) is 4. The Morgan fingerprint density at radius 3 is 2.46 bits per heavy atom. The van der Waals surface area contributed by atoms with Gasteiger partial charge in [-0.1, -0.05) is 11.6 Å². The van der Waals surface area contributed by atoms with Crippen molar-refractivity contribution in [2.24, 2.45) is 7.05 Å². The zero-order chi connectivity index (χ0) is 24.9. The number of carbonyl (C=O) groups excluding carboxylic acids is 2. The number of aryl methyl sites for hydroxylation is 2. The van der Waals surface area contributed by atoms with Crippen LogP contribution in [0.25, 0.3) is 22.0 Å². The van der Waals surface area contributed by atoms with Crippen LogP contribution in [0.5, 0.6) is 11.5 Å². The number of ether oxygens (including phenoxy) is 1. The van der Waals surface area contributed by atoms with Crippen molar-refractivity contribution in [3.8, 4) is 22.6 Å². The second kappa shape index (κ2) is 8.70.